The Morgan fingerprint density at radius 2 is 0.554 bits per heavy atom. The van der Waals surface area contributed by atoms with E-state index in [2.05, 4.69) is 69.4 Å². The first-order valence-corrected chi connectivity index (χ1v) is 28.1. The number of carbonyl (C=O) groups is 3. The minimum absolute atomic E-state index is 0.0858. The monoisotopic (exact) mass is 911 g/mol. The lowest BCUT2D eigenvalue weighted by Crippen LogP contribution is -2.30. The van der Waals surface area contributed by atoms with Crippen molar-refractivity contribution < 1.29 is 28.6 Å². The van der Waals surface area contributed by atoms with Gasteiger partial charge in [0.25, 0.3) is 0 Å². The van der Waals surface area contributed by atoms with Crippen LogP contribution in [0, 0.1) is 0 Å². The molecule has 0 radical (unpaired) electrons. The molecule has 0 spiro atoms. The van der Waals surface area contributed by atoms with Gasteiger partial charge in [0.2, 0.25) is 0 Å². The molecule has 0 amide bonds. The van der Waals surface area contributed by atoms with Crippen LogP contribution in [0.4, 0.5) is 0 Å². The van der Waals surface area contributed by atoms with Crippen LogP contribution in [0.1, 0.15) is 290 Å². The smallest absolute Gasteiger partial charge is 0.306 e. The third kappa shape index (κ3) is 52.2. The first-order chi connectivity index (χ1) is 32.0. The van der Waals surface area contributed by atoms with Crippen molar-refractivity contribution in [1.29, 1.82) is 0 Å². The minimum atomic E-state index is -0.790. The zero-order chi connectivity index (χ0) is 47.2. The molecule has 1 atom stereocenters. The van der Waals surface area contributed by atoms with Gasteiger partial charge in [-0.15, -0.1) is 0 Å². The molecule has 0 aliphatic rings. The second kappa shape index (κ2) is 54.0. The van der Waals surface area contributed by atoms with Crippen LogP contribution in [-0.2, 0) is 28.6 Å². The van der Waals surface area contributed by atoms with Crippen LogP contribution in [0.3, 0.4) is 0 Å². The standard InChI is InChI=1S/C59H106O6/c1-4-7-10-13-16-19-22-24-26-27-28-29-30-31-33-34-37-40-43-46-49-52-58(61)64-55-56(54-63-57(60)51-48-45-42-39-36-21-18-15-12-9-6-3)65-59(62)53-50-47-44-41-38-35-32-25-23-20-17-14-11-8-5-2/h17,20,24-26,32,38,41,56H,4-16,18-19,21-23,27-31,33-37,39-40,42-55H2,1-3H3/b20-17-,26-24-,32-25-,41-38-/t56-/m0/s1. The highest BCUT2D eigenvalue weighted by Gasteiger charge is 2.19. The number of unbranched alkanes of at least 4 members (excludes halogenated alkanes) is 32. The van der Waals surface area contributed by atoms with Crippen molar-refractivity contribution in [3.63, 3.8) is 0 Å². The fourth-order valence-corrected chi connectivity index (χ4v) is 8.03. The molecule has 0 fully saturated rings. The molecule has 0 aromatic heterocycles. The fraction of sp³-hybridized carbons (Fsp3) is 0.814. The summed E-state index contributed by atoms with van der Waals surface area (Å²) in [5.41, 5.74) is 0. The van der Waals surface area contributed by atoms with Gasteiger partial charge in [-0.2, -0.15) is 0 Å². The Hall–Kier alpha value is -2.63. The average molecular weight is 911 g/mol. The van der Waals surface area contributed by atoms with E-state index in [1.165, 1.54) is 180 Å². The highest BCUT2D eigenvalue weighted by atomic mass is 16.6. The van der Waals surface area contributed by atoms with E-state index in [0.717, 1.165) is 64.2 Å². The highest BCUT2D eigenvalue weighted by molar-refractivity contribution is 5.71. The molecule has 6 nitrogen and oxygen atoms in total. The first-order valence-electron chi connectivity index (χ1n) is 28.1. The molecular formula is C59H106O6. The molecular weight excluding hydrogens is 805 g/mol. The SMILES string of the molecule is CCCCC/C=C\C/C=C\C/C=C\CCCCC(=O)O[C@@H](COC(=O)CCCCCCCCCCCCC)COC(=O)CCCCCCCCCCCCC/C=C\CCCCCCCC. The normalized spacial score (nSPS) is 12.4. The van der Waals surface area contributed by atoms with Crippen LogP contribution in [0.5, 0.6) is 0 Å². The number of carbonyl (C=O) groups excluding carboxylic acids is 3. The van der Waals surface area contributed by atoms with Crippen molar-refractivity contribution in [2.45, 2.75) is 297 Å². The van der Waals surface area contributed by atoms with Gasteiger partial charge >= 0.3 is 17.9 Å². The van der Waals surface area contributed by atoms with Crippen LogP contribution in [0.2, 0.25) is 0 Å². The van der Waals surface area contributed by atoms with E-state index in [1.807, 2.05) is 0 Å². The van der Waals surface area contributed by atoms with Gasteiger partial charge in [-0.3, -0.25) is 14.4 Å². The van der Waals surface area contributed by atoms with Crippen molar-refractivity contribution in [2.24, 2.45) is 0 Å². The van der Waals surface area contributed by atoms with E-state index in [1.54, 1.807) is 0 Å². The number of esters is 3. The van der Waals surface area contributed by atoms with Gasteiger partial charge < -0.3 is 14.2 Å². The van der Waals surface area contributed by atoms with E-state index in [-0.39, 0.29) is 37.5 Å². The van der Waals surface area contributed by atoms with E-state index < -0.39 is 6.10 Å². The van der Waals surface area contributed by atoms with E-state index in [0.29, 0.717) is 19.3 Å². The van der Waals surface area contributed by atoms with E-state index >= 15 is 0 Å². The number of hydrogen-bond donors (Lipinski definition) is 0. The predicted octanol–water partition coefficient (Wildman–Crippen LogP) is 18.7. The van der Waals surface area contributed by atoms with Crippen molar-refractivity contribution >= 4 is 17.9 Å². The average Bonchev–Trinajstić information content (AvgIpc) is 3.30. The van der Waals surface area contributed by atoms with Crippen LogP contribution in [0.25, 0.3) is 0 Å². The summed E-state index contributed by atoms with van der Waals surface area (Å²) in [6.07, 6.45) is 65.3. The van der Waals surface area contributed by atoms with Gasteiger partial charge in [0.05, 0.1) is 0 Å². The predicted molar refractivity (Wildman–Crippen MR) is 279 cm³/mol. The summed E-state index contributed by atoms with van der Waals surface area (Å²) in [7, 11) is 0. The summed E-state index contributed by atoms with van der Waals surface area (Å²) in [5.74, 6) is -0.915. The molecule has 378 valence electrons. The molecule has 0 heterocycles. The topological polar surface area (TPSA) is 78.9 Å². The fourth-order valence-electron chi connectivity index (χ4n) is 8.03. The lowest BCUT2D eigenvalue weighted by atomic mass is 10.0. The Labute approximate surface area is 403 Å². The third-order valence-electron chi connectivity index (χ3n) is 12.3. The summed E-state index contributed by atoms with van der Waals surface area (Å²) in [6.45, 7) is 6.59. The molecule has 0 aliphatic heterocycles. The van der Waals surface area contributed by atoms with Gasteiger partial charge in [-0.25, -0.2) is 0 Å². The second-order valence-electron chi connectivity index (χ2n) is 18.8. The maximum atomic E-state index is 12.8. The molecule has 0 aliphatic carbocycles. The third-order valence-corrected chi connectivity index (χ3v) is 12.3. The summed E-state index contributed by atoms with van der Waals surface area (Å²) in [6, 6.07) is 0. The van der Waals surface area contributed by atoms with Crippen LogP contribution >= 0.6 is 0 Å². The zero-order valence-corrected chi connectivity index (χ0v) is 43.3. The molecule has 0 N–H and O–H groups in total. The number of rotatable bonds is 51. The maximum Gasteiger partial charge on any atom is 0.306 e. The number of ether oxygens (including phenoxy) is 3. The van der Waals surface area contributed by atoms with Crippen molar-refractivity contribution in [1.82, 2.24) is 0 Å². The molecule has 0 aromatic carbocycles. The maximum absolute atomic E-state index is 12.8. The largest absolute Gasteiger partial charge is 0.462 e. The number of hydrogen-bond acceptors (Lipinski definition) is 6. The Balaban J connectivity index is 4.33. The van der Waals surface area contributed by atoms with Gasteiger partial charge in [-0.05, 0) is 83.5 Å². The molecule has 65 heavy (non-hydrogen) atoms. The molecule has 0 aromatic rings. The quantitative estimate of drug-likeness (QED) is 0.0262. The summed E-state index contributed by atoms with van der Waals surface area (Å²) in [4.78, 5) is 38.0. The van der Waals surface area contributed by atoms with Gasteiger partial charge in [0, 0.05) is 19.3 Å². The Morgan fingerprint density at radius 3 is 0.938 bits per heavy atom. The summed E-state index contributed by atoms with van der Waals surface area (Å²) < 4.78 is 16.8. The Kier molecular flexibility index (Phi) is 51.8. The molecule has 0 bridgehead atoms. The van der Waals surface area contributed by atoms with Crippen LogP contribution in [0.15, 0.2) is 48.6 Å². The first kappa shape index (κ1) is 62.4. The van der Waals surface area contributed by atoms with Gasteiger partial charge in [-0.1, -0.05) is 236 Å². The highest BCUT2D eigenvalue weighted by Crippen LogP contribution is 2.16. The lowest BCUT2D eigenvalue weighted by Gasteiger charge is -2.18. The second-order valence-corrected chi connectivity index (χ2v) is 18.8. The van der Waals surface area contributed by atoms with Crippen LogP contribution in [-0.4, -0.2) is 37.2 Å². The Morgan fingerprint density at radius 1 is 0.308 bits per heavy atom. The van der Waals surface area contributed by atoms with Crippen molar-refractivity contribution in [2.75, 3.05) is 13.2 Å². The summed E-state index contributed by atoms with van der Waals surface area (Å²) in [5, 5.41) is 0. The van der Waals surface area contributed by atoms with Crippen LogP contribution < -0.4 is 0 Å². The lowest BCUT2D eigenvalue weighted by molar-refractivity contribution is -0.167. The van der Waals surface area contributed by atoms with Crippen molar-refractivity contribution in [3.05, 3.63) is 48.6 Å². The van der Waals surface area contributed by atoms with E-state index in [9.17, 15) is 14.4 Å². The Bertz CT molecular complexity index is 1140. The summed E-state index contributed by atoms with van der Waals surface area (Å²) >= 11 is 0. The molecule has 0 saturated heterocycles. The molecule has 6 heteroatoms. The zero-order valence-electron chi connectivity index (χ0n) is 43.3. The van der Waals surface area contributed by atoms with Gasteiger partial charge in [0.1, 0.15) is 13.2 Å². The van der Waals surface area contributed by atoms with E-state index in [4.69, 9.17) is 14.2 Å². The molecule has 0 saturated carbocycles. The van der Waals surface area contributed by atoms with Crippen molar-refractivity contribution in [3.8, 4) is 0 Å². The molecule has 0 rings (SSSR count). The minimum Gasteiger partial charge on any atom is -0.462 e. The molecule has 0 unspecified atom stereocenters. The number of allylic oxidation sites excluding steroid dienone is 8. The van der Waals surface area contributed by atoms with Gasteiger partial charge in [0.15, 0.2) is 6.10 Å².